The van der Waals surface area contributed by atoms with Crippen LogP contribution in [-0.2, 0) is 22.3 Å². The second kappa shape index (κ2) is 7.28. The molecule has 4 heterocycles. The average Bonchev–Trinajstić information content (AvgIpc) is 3.40. The molecule has 2 unspecified atom stereocenters. The van der Waals surface area contributed by atoms with E-state index in [0.29, 0.717) is 18.7 Å². The molecule has 2 aliphatic rings. The Labute approximate surface area is 174 Å². The first kappa shape index (κ1) is 19.4. The lowest BCUT2D eigenvalue weighted by molar-refractivity contribution is 0.452. The quantitative estimate of drug-likeness (QED) is 0.615. The third-order valence-electron chi connectivity index (χ3n) is 6.11. The smallest absolute Gasteiger partial charge is 0.218 e. The van der Waals surface area contributed by atoms with E-state index < -0.39 is 15.8 Å². The summed E-state index contributed by atoms with van der Waals surface area (Å²) in [5, 5.41) is 0. The number of benzene rings is 1. The van der Waals surface area contributed by atoms with E-state index in [0.717, 1.165) is 36.6 Å². The number of sulfonamides is 1. The van der Waals surface area contributed by atoms with Crippen molar-refractivity contribution in [2.45, 2.75) is 19.2 Å². The topological polar surface area (TPSA) is 84.2 Å². The predicted octanol–water partition coefficient (Wildman–Crippen LogP) is 1.88. The van der Waals surface area contributed by atoms with Crippen molar-refractivity contribution >= 4 is 27.0 Å². The van der Waals surface area contributed by atoms with Crippen molar-refractivity contribution < 1.29 is 12.8 Å². The monoisotopic (exact) mass is 430 g/mol. The zero-order valence-electron chi connectivity index (χ0n) is 16.6. The SMILES string of the molecule is CCn1cnc2c(N3CC4CN(S(=O)(=O)Cc5cccc(F)c5)CC4C3)ncnc21. The van der Waals surface area contributed by atoms with Crippen molar-refractivity contribution in [3.63, 3.8) is 0 Å². The summed E-state index contributed by atoms with van der Waals surface area (Å²) >= 11 is 0. The van der Waals surface area contributed by atoms with Crippen LogP contribution in [0.3, 0.4) is 0 Å². The molecule has 0 N–H and O–H groups in total. The molecule has 2 fully saturated rings. The molecule has 2 aliphatic heterocycles. The van der Waals surface area contributed by atoms with Gasteiger partial charge >= 0.3 is 0 Å². The number of aryl methyl sites for hydroxylation is 1. The Kier molecular flexibility index (Phi) is 4.70. The van der Waals surface area contributed by atoms with Crippen LogP contribution in [0.15, 0.2) is 36.9 Å². The number of halogens is 1. The fourth-order valence-corrected chi connectivity index (χ4v) is 6.23. The van der Waals surface area contributed by atoms with Crippen LogP contribution in [-0.4, -0.2) is 58.4 Å². The van der Waals surface area contributed by atoms with Gasteiger partial charge in [0.1, 0.15) is 12.1 Å². The number of aromatic nitrogens is 4. The number of nitrogens with zero attached hydrogens (tertiary/aromatic N) is 6. The maximum atomic E-state index is 13.4. The van der Waals surface area contributed by atoms with Crippen molar-refractivity contribution in [3.05, 3.63) is 48.3 Å². The lowest BCUT2D eigenvalue weighted by atomic mass is 10.0. The van der Waals surface area contributed by atoms with Crippen molar-refractivity contribution in [1.82, 2.24) is 23.8 Å². The third kappa shape index (κ3) is 3.33. The van der Waals surface area contributed by atoms with E-state index in [1.54, 1.807) is 29.1 Å². The summed E-state index contributed by atoms with van der Waals surface area (Å²) in [5.74, 6) is 0.708. The summed E-state index contributed by atoms with van der Waals surface area (Å²) in [6.07, 6.45) is 3.34. The van der Waals surface area contributed by atoms with Crippen LogP contribution in [0, 0.1) is 17.7 Å². The van der Waals surface area contributed by atoms with E-state index in [2.05, 4.69) is 19.9 Å². The van der Waals surface area contributed by atoms with Crippen molar-refractivity contribution in [3.8, 4) is 0 Å². The standard InChI is InChI=1S/C20H23FN6O2S/c1-2-25-13-24-18-19(25)22-12-23-20(18)26-7-15-9-27(10-16(15)8-26)30(28,29)11-14-4-3-5-17(21)6-14/h3-6,12-13,15-16H,2,7-11H2,1H3. The molecule has 2 atom stereocenters. The van der Waals surface area contributed by atoms with E-state index in [-0.39, 0.29) is 17.6 Å². The van der Waals surface area contributed by atoms with Gasteiger partial charge in [0.2, 0.25) is 10.0 Å². The molecule has 0 aliphatic carbocycles. The molecule has 0 saturated carbocycles. The molecule has 5 rings (SSSR count). The highest BCUT2D eigenvalue weighted by atomic mass is 32.2. The molecular formula is C20H23FN6O2S. The van der Waals surface area contributed by atoms with E-state index in [4.69, 9.17) is 0 Å². The first-order valence-corrected chi connectivity index (χ1v) is 11.7. The first-order chi connectivity index (χ1) is 14.4. The molecule has 0 radical (unpaired) electrons. The van der Waals surface area contributed by atoms with Gasteiger partial charge in [0.25, 0.3) is 0 Å². The molecule has 0 spiro atoms. The fourth-order valence-electron chi connectivity index (χ4n) is 4.61. The summed E-state index contributed by atoms with van der Waals surface area (Å²) in [6, 6.07) is 5.79. The lowest BCUT2D eigenvalue weighted by Crippen LogP contribution is -2.34. The maximum absolute atomic E-state index is 13.4. The minimum absolute atomic E-state index is 0.172. The summed E-state index contributed by atoms with van der Waals surface area (Å²) in [6.45, 7) is 5.27. The second-order valence-electron chi connectivity index (χ2n) is 8.03. The summed E-state index contributed by atoms with van der Waals surface area (Å²) < 4.78 is 42.7. The highest BCUT2D eigenvalue weighted by Gasteiger charge is 2.44. The van der Waals surface area contributed by atoms with E-state index >= 15 is 0 Å². The van der Waals surface area contributed by atoms with Gasteiger partial charge in [-0.2, -0.15) is 0 Å². The van der Waals surface area contributed by atoms with Crippen LogP contribution in [0.1, 0.15) is 12.5 Å². The average molecular weight is 431 g/mol. The van der Waals surface area contributed by atoms with Gasteiger partial charge in [0, 0.05) is 32.7 Å². The van der Waals surface area contributed by atoms with Gasteiger partial charge in [-0.05, 0) is 36.5 Å². The highest BCUT2D eigenvalue weighted by molar-refractivity contribution is 7.88. The number of imidazole rings is 1. The maximum Gasteiger partial charge on any atom is 0.218 e. The van der Waals surface area contributed by atoms with Gasteiger partial charge in [-0.15, -0.1) is 0 Å². The zero-order valence-corrected chi connectivity index (χ0v) is 17.5. The number of hydrogen-bond acceptors (Lipinski definition) is 6. The zero-order chi connectivity index (χ0) is 20.9. The number of anilines is 1. The van der Waals surface area contributed by atoms with E-state index in [9.17, 15) is 12.8 Å². The molecule has 30 heavy (non-hydrogen) atoms. The van der Waals surface area contributed by atoms with Gasteiger partial charge in [0.15, 0.2) is 17.0 Å². The van der Waals surface area contributed by atoms with Crippen LogP contribution in [0.5, 0.6) is 0 Å². The molecule has 0 amide bonds. The van der Waals surface area contributed by atoms with Crippen LogP contribution in [0.4, 0.5) is 10.2 Å². The number of hydrogen-bond donors (Lipinski definition) is 0. The van der Waals surface area contributed by atoms with Gasteiger partial charge in [-0.3, -0.25) is 0 Å². The normalized spacial score (nSPS) is 22.1. The van der Waals surface area contributed by atoms with E-state index in [1.807, 2.05) is 11.5 Å². The molecular weight excluding hydrogens is 407 g/mol. The molecule has 0 bridgehead atoms. The Hall–Kier alpha value is -2.59. The number of fused-ring (bicyclic) bond motifs is 2. The molecule has 2 saturated heterocycles. The van der Waals surface area contributed by atoms with Gasteiger partial charge in [0.05, 0.1) is 12.1 Å². The second-order valence-corrected chi connectivity index (χ2v) is 10.00. The Morgan fingerprint density at radius 3 is 2.57 bits per heavy atom. The van der Waals surface area contributed by atoms with Crippen molar-refractivity contribution in [2.75, 3.05) is 31.1 Å². The van der Waals surface area contributed by atoms with Crippen molar-refractivity contribution in [1.29, 1.82) is 0 Å². The molecule has 1 aromatic carbocycles. The fraction of sp³-hybridized carbons (Fsp3) is 0.450. The van der Waals surface area contributed by atoms with Crippen LogP contribution < -0.4 is 4.90 Å². The Balaban J connectivity index is 1.30. The number of rotatable bonds is 5. The molecule has 10 heteroatoms. The van der Waals surface area contributed by atoms with Crippen LogP contribution in [0.2, 0.25) is 0 Å². The van der Waals surface area contributed by atoms with Gasteiger partial charge in [-0.1, -0.05) is 12.1 Å². The summed E-state index contributed by atoms with van der Waals surface area (Å²) in [7, 11) is -3.48. The van der Waals surface area contributed by atoms with Gasteiger partial charge in [-0.25, -0.2) is 32.1 Å². The minimum atomic E-state index is -3.48. The van der Waals surface area contributed by atoms with E-state index in [1.165, 1.54) is 12.1 Å². The molecule has 8 nitrogen and oxygen atoms in total. The molecule has 2 aromatic heterocycles. The molecule has 3 aromatic rings. The van der Waals surface area contributed by atoms with Gasteiger partial charge < -0.3 is 9.47 Å². The Bertz CT molecular complexity index is 1180. The Morgan fingerprint density at radius 2 is 1.87 bits per heavy atom. The first-order valence-electron chi connectivity index (χ1n) is 10.1. The largest absolute Gasteiger partial charge is 0.354 e. The molecule has 158 valence electrons. The Morgan fingerprint density at radius 1 is 1.10 bits per heavy atom. The summed E-state index contributed by atoms with van der Waals surface area (Å²) in [5.41, 5.74) is 2.08. The van der Waals surface area contributed by atoms with Crippen LogP contribution in [0.25, 0.3) is 11.2 Å². The van der Waals surface area contributed by atoms with Crippen molar-refractivity contribution in [2.24, 2.45) is 11.8 Å². The van der Waals surface area contributed by atoms with Crippen LogP contribution >= 0.6 is 0 Å². The summed E-state index contributed by atoms with van der Waals surface area (Å²) in [4.78, 5) is 15.5. The minimum Gasteiger partial charge on any atom is -0.354 e. The predicted molar refractivity (Wildman–Crippen MR) is 111 cm³/mol. The lowest BCUT2D eigenvalue weighted by Gasteiger charge is -2.22. The highest BCUT2D eigenvalue weighted by Crippen LogP contribution is 2.36. The third-order valence-corrected chi connectivity index (χ3v) is 7.89.